The molecule has 1 aromatic heterocycles. The summed E-state index contributed by atoms with van der Waals surface area (Å²) in [6.07, 6.45) is 5.54. The predicted octanol–water partition coefficient (Wildman–Crippen LogP) is 3.76. The second-order valence-corrected chi connectivity index (χ2v) is 7.63. The fourth-order valence-corrected chi connectivity index (χ4v) is 4.57. The lowest BCUT2D eigenvalue weighted by atomic mass is 9.73. The Balaban J connectivity index is 2.15. The lowest BCUT2D eigenvalue weighted by molar-refractivity contribution is -0.100. The number of nitrogens with one attached hydrogen (secondary N) is 1. The largest absolute Gasteiger partial charge is 0.374 e. The Kier molecular flexibility index (Phi) is 5.87. The van der Waals surface area contributed by atoms with Gasteiger partial charge in [-0.05, 0) is 37.8 Å². The van der Waals surface area contributed by atoms with Crippen LogP contribution in [0, 0.1) is 5.92 Å². The molecule has 2 rings (SSSR count). The SMILES string of the molecule is CCOC1(C(Cc2ccc(Cl)s2)NN)CCCC(C)C1. The van der Waals surface area contributed by atoms with Gasteiger partial charge < -0.3 is 4.74 Å². The molecule has 3 atom stereocenters. The van der Waals surface area contributed by atoms with Gasteiger partial charge in [-0.2, -0.15) is 0 Å². The maximum Gasteiger partial charge on any atom is 0.0931 e. The van der Waals surface area contributed by atoms with E-state index in [9.17, 15) is 0 Å². The molecule has 0 amide bonds. The molecule has 114 valence electrons. The summed E-state index contributed by atoms with van der Waals surface area (Å²) in [6, 6.07) is 4.18. The third-order valence-corrected chi connectivity index (χ3v) is 5.55. The van der Waals surface area contributed by atoms with Crippen molar-refractivity contribution in [3.63, 3.8) is 0 Å². The molecule has 5 heteroatoms. The van der Waals surface area contributed by atoms with Crippen molar-refractivity contribution in [1.82, 2.24) is 5.43 Å². The van der Waals surface area contributed by atoms with Gasteiger partial charge in [-0.1, -0.05) is 31.4 Å². The van der Waals surface area contributed by atoms with Crippen LogP contribution in [0.2, 0.25) is 4.34 Å². The standard InChI is InChI=1S/C15H25ClN2OS/c1-3-19-15(8-4-5-11(2)10-15)13(18-17)9-12-6-7-14(16)20-12/h6-7,11,13,18H,3-5,8-10,17H2,1-2H3. The molecule has 0 spiro atoms. The van der Waals surface area contributed by atoms with E-state index in [2.05, 4.69) is 25.3 Å². The summed E-state index contributed by atoms with van der Waals surface area (Å²) in [5.41, 5.74) is 2.87. The molecule has 3 nitrogen and oxygen atoms in total. The molecule has 1 saturated carbocycles. The molecule has 1 aromatic rings. The maximum atomic E-state index is 6.20. The average Bonchev–Trinajstić information content (AvgIpc) is 2.82. The maximum absolute atomic E-state index is 6.20. The minimum atomic E-state index is -0.141. The van der Waals surface area contributed by atoms with E-state index >= 15 is 0 Å². The Morgan fingerprint density at radius 2 is 2.40 bits per heavy atom. The predicted molar refractivity (Wildman–Crippen MR) is 86.1 cm³/mol. The monoisotopic (exact) mass is 316 g/mol. The van der Waals surface area contributed by atoms with E-state index in [0.29, 0.717) is 5.92 Å². The second kappa shape index (κ2) is 7.23. The summed E-state index contributed by atoms with van der Waals surface area (Å²) in [5.74, 6) is 6.55. The fraction of sp³-hybridized carbons (Fsp3) is 0.733. The van der Waals surface area contributed by atoms with Crippen LogP contribution in [0.4, 0.5) is 0 Å². The highest BCUT2D eigenvalue weighted by Crippen LogP contribution is 2.39. The zero-order valence-corrected chi connectivity index (χ0v) is 13.9. The van der Waals surface area contributed by atoms with E-state index in [1.807, 2.05) is 6.07 Å². The highest BCUT2D eigenvalue weighted by molar-refractivity contribution is 7.16. The highest BCUT2D eigenvalue weighted by Gasteiger charge is 2.42. The lowest BCUT2D eigenvalue weighted by Crippen LogP contribution is -2.57. The first-order valence-corrected chi connectivity index (χ1v) is 8.63. The molecule has 0 radical (unpaired) electrons. The Morgan fingerprint density at radius 1 is 1.60 bits per heavy atom. The van der Waals surface area contributed by atoms with Crippen LogP contribution in [-0.2, 0) is 11.2 Å². The molecule has 0 saturated heterocycles. The van der Waals surface area contributed by atoms with E-state index in [1.54, 1.807) is 11.3 Å². The molecule has 1 aliphatic carbocycles. The van der Waals surface area contributed by atoms with Gasteiger partial charge >= 0.3 is 0 Å². The number of nitrogens with two attached hydrogens (primary N) is 1. The molecule has 0 aliphatic heterocycles. The molecule has 1 fully saturated rings. The summed E-state index contributed by atoms with van der Waals surface area (Å²) < 4.78 is 7.03. The number of halogens is 1. The smallest absolute Gasteiger partial charge is 0.0931 e. The second-order valence-electron chi connectivity index (χ2n) is 5.83. The Bertz CT molecular complexity index is 422. The molecule has 20 heavy (non-hydrogen) atoms. The minimum Gasteiger partial charge on any atom is -0.374 e. The third-order valence-electron chi connectivity index (χ3n) is 4.29. The van der Waals surface area contributed by atoms with Gasteiger partial charge in [0.15, 0.2) is 0 Å². The Labute approximate surface area is 130 Å². The van der Waals surface area contributed by atoms with Gasteiger partial charge in [0.2, 0.25) is 0 Å². The quantitative estimate of drug-likeness (QED) is 0.620. The van der Waals surface area contributed by atoms with E-state index in [0.717, 1.165) is 30.2 Å². The summed E-state index contributed by atoms with van der Waals surface area (Å²) in [6.45, 7) is 5.11. The first-order chi connectivity index (χ1) is 9.59. The molecular weight excluding hydrogens is 292 g/mol. The van der Waals surface area contributed by atoms with E-state index in [-0.39, 0.29) is 11.6 Å². The van der Waals surface area contributed by atoms with Crippen molar-refractivity contribution in [1.29, 1.82) is 0 Å². The topological polar surface area (TPSA) is 47.3 Å². The number of ether oxygens (including phenoxy) is 1. The van der Waals surface area contributed by atoms with Crippen molar-refractivity contribution in [2.75, 3.05) is 6.61 Å². The van der Waals surface area contributed by atoms with Crippen molar-refractivity contribution in [3.05, 3.63) is 21.3 Å². The third kappa shape index (κ3) is 3.74. The van der Waals surface area contributed by atoms with Gasteiger partial charge in [-0.15, -0.1) is 11.3 Å². The normalized spacial score (nSPS) is 28.5. The lowest BCUT2D eigenvalue weighted by Gasteiger charge is -2.45. The van der Waals surface area contributed by atoms with Crippen LogP contribution < -0.4 is 11.3 Å². The summed E-state index contributed by atoms with van der Waals surface area (Å²) in [5, 5.41) is 0. The van der Waals surface area contributed by atoms with Crippen molar-refractivity contribution < 1.29 is 4.74 Å². The van der Waals surface area contributed by atoms with Gasteiger partial charge in [-0.25, -0.2) is 0 Å². The zero-order valence-electron chi connectivity index (χ0n) is 12.3. The fourth-order valence-electron chi connectivity index (χ4n) is 3.44. The summed E-state index contributed by atoms with van der Waals surface area (Å²) >= 11 is 7.65. The van der Waals surface area contributed by atoms with E-state index in [1.165, 1.54) is 17.7 Å². The van der Waals surface area contributed by atoms with Crippen LogP contribution >= 0.6 is 22.9 Å². The summed E-state index contributed by atoms with van der Waals surface area (Å²) in [7, 11) is 0. The average molecular weight is 317 g/mol. The molecular formula is C15H25ClN2OS. The van der Waals surface area contributed by atoms with E-state index in [4.69, 9.17) is 22.2 Å². The molecule has 0 bridgehead atoms. The molecule has 0 aromatic carbocycles. The zero-order chi connectivity index (χ0) is 14.6. The summed E-state index contributed by atoms with van der Waals surface area (Å²) in [4.78, 5) is 1.26. The van der Waals surface area contributed by atoms with Crippen LogP contribution in [0.3, 0.4) is 0 Å². The van der Waals surface area contributed by atoms with Crippen molar-refractivity contribution in [2.24, 2.45) is 11.8 Å². The van der Waals surface area contributed by atoms with Crippen molar-refractivity contribution in [2.45, 2.75) is 57.6 Å². The van der Waals surface area contributed by atoms with Crippen LogP contribution in [-0.4, -0.2) is 18.2 Å². The number of rotatable bonds is 6. The van der Waals surface area contributed by atoms with Crippen LogP contribution in [0.1, 0.15) is 44.4 Å². The number of hydrogen-bond acceptors (Lipinski definition) is 4. The van der Waals surface area contributed by atoms with Crippen LogP contribution in [0.15, 0.2) is 12.1 Å². The van der Waals surface area contributed by atoms with E-state index < -0.39 is 0 Å². The molecule has 3 unspecified atom stereocenters. The van der Waals surface area contributed by atoms with Gasteiger partial charge in [0.05, 0.1) is 16.0 Å². The van der Waals surface area contributed by atoms with Gasteiger partial charge in [0, 0.05) is 17.9 Å². The van der Waals surface area contributed by atoms with Gasteiger partial charge in [-0.3, -0.25) is 11.3 Å². The first-order valence-electron chi connectivity index (χ1n) is 7.44. The molecule has 3 N–H and O–H groups in total. The Morgan fingerprint density at radius 3 is 2.95 bits per heavy atom. The minimum absolute atomic E-state index is 0.139. The highest BCUT2D eigenvalue weighted by atomic mass is 35.5. The van der Waals surface area contributed by atoms with Crippen LogP contribution in [0.25, 0.3) is 0 Å². The number of thiophene rings is 1. The van der Waals surface area contributed by atoms with Crippen LogP contribution in [0.5, 0.6) is 0 Å². The van der Waals surface area contributed by atoms with Gasteiger partial charge in [0.1, 0.15) is 0 Å². The first kappa shape index (κ1) is 16.2. The number of hydrazine groups is 1. The van der Waals surface area contributed by atoms with Gasteiger partial charge in [0.25, 0.3) is 0 Å². The Hall–Kier alpha value is -0.130. The van der Waals surface area contributed by atoms with Crippen molar-refractivity contribution >= 4 is 22.9 Å². The molecule has 1 aliphatic rings. The van der Waals surface area contributed by atoms with Crippen molar-refractivity contribution in [3.8, 4) is 0 Å². The number of hydrogen-bond donors (Lipinski definition) is 2. The molecule has 1 heterocycles.